The lowest BCUT2D eigenvalue weighted by molar-refractivity contribution is 0.332. The van der Waals surface area contributed by atoms with Gasteiger partial charge in [0.2, 0.25) is 5.09 Å². The first-order valence-electron chi connectivity index (χ1n) is 7.76. The molecule has 5 nitrogen and oxygen atoms in total. The first-order valence-corrected chi connectivity index (χ1v) is 9.24. The quantitative estimate of drug-likeness (QED) is 0.651. The smallest absolute Gasteiger partial charge is 0.274 e. The zero-order chi connectivity index (χ0) is 15.9. The summed E-state index contributed by atoms with van der Waals surface area (Å²) in [5, 5.41) is 3.18. The number of rotatable bonds is 10. The highest BCUT2D eigenvalue weighted by atomic mass is 32.2. The molecule has 0 radical (unpaired) electrons. The maximum absolute atomic E-state index is 12.4. The van der Waals surface area contributed by atoms with E-state index in [0.29, 0.717) is 12.3 Å². The lowest BCUT2D eigenvalue weighted by atomic mass is 9.91. The van der Waals surface area contributed by atoms with E-state index in [1.165, 1.54) is 6.07 Å². The second kappa shape index (κ2) is 7.96. The van der Waals surface area contributed by atoms with Gasteiger partial charge in [-0.25, -0.2) is 13.1 Å². The fourth-order valence-electron chi connectivity index (χ4n) is 2.29. The molecule has 0 amide bonds. The molecule has 1 aromatic heterocycles. The number of furan rings is 1. The van der Waals surface area contributed by atoms with Crippen LogP contribution in [0.2, 0.25) is 0 Å². The van der Waals surface area contributed by atoms with Gasteiger partial charge < -0.3 is 9.73 Å². The molecule has 0 bridgehead atoms. The van der Waals surface area contributed by atoms with E-state index in [9.17, 15) is 8.42 Å². The van der Waals surface area contributed by atoms with Crippen LogP contribution in [0.4, 0.5) is 0 Å². The molecule has 1 heterocycles. The zero-order valence-corrected chi connectivity index (χ0v) is 14.3. The molecule has 1 aromatic rings. The van der Waals surface area contributed by atoms with Crippen LogP contribution in [-0.4, -0.2) is 20.5 Å². The fraction of sp³-hybridized carbons (Fsp3) is 0.733. The van der Waals surface area contributed by atoms with Gasteiger partial charge in [0.15, 0.2) is 0 Å². The lowest BCUT2D eigenvalue weighted by Crippen LogP contribution is -2.46. The first kappa shape index (κ1) is 18.2. The van der Waals surface area contributed by atoms with E-state index in [-0.39, 0.29) is 5.09 Å². The van der Waals surface area contributed by atoms with Gasteiger partial charge in [-0.3, -0.25) is 0 Å². The zero-order valence-electron chi connectivity index (χ0n) is 13.5. The summed E-state index contributed by atoms with van der Waals surface area (Å²) in [5.74, 6) is 0.638. The van der Waals surface area contributed by atoms with Gasteiger partial charge in [-0.1, -0.05) is 27.7 Å². The molecule has 122 valence electrons. The Kier molecular flexibility index (Phi) is 6.90. The van der Waals surface area contributed by atoms with Gasteiger partial charge in [-0.05, 0) is 44.4 Å². The summed E-state index contributed by atoms with van der Waals surface area (Å²) < 4.78 is 33.2. The van der Waals surface area contributed by atoms with Crippen LogP contribution in [0.25, 0.3) is 0 Å². The second-order valence-electron chi connectivity index (χ2n) is 5.34. The van der Waals surface area contributed by atoms with Gasteiger partial charge in [-0.2, -0.15) is 0 Å². The SMILES string of the molecule is CCCNCc1ccc(S(=O)(=O)NC(CC)(CC)CC)o1. The van der Waals surface area contributed by atoms with Gasteiger partial charge in [0.1, 0.15) is 5.76 Å². The largest absolute Gasteiger partial charge is 0.447 e. The summed E-state index contributed by atoms with van der Waals surface area (Å²) in [4.78, 5) is 0. The van der Waals surface area contributed by atoms with E-state index >= 15 is 0 Å². The molecule has 0 spiro atoms. The van der Waals surface area contributed by atoms with Crippen molar-refractivity contribution < 1.29 is 12.8 Å². The predicted molar refractivity (Wildman–Crippen MR) is 84.6 cm³/mol. The van der Waals surface area contributed by atoms with Gasteiger partial charge in [0.05, 0.1) is 6.54 Å². The topological polar surface area (TPSA) is 71.3 Å². The molecule has 1 rings (SSSR count). The van der Waals surface area contributed by atoms with Crippen LogP contribution in [0.15, 0.2) is 21.6 Å². The third-order valence-corrected chi connectivity index (χ3v) is 5.46. The molecule has 2 N–H and O–H groups in total. The van der Waals surface area contributed by atoms with E-state index in [2.05, 4.69) is 17.0 Å². The van der Waals surface area contributed by atoms with Crippen LogP contribution in [-0.2, 0) is 16.6 Å². The van der Waals surface area contributed by atoms with Crippen LogP contribution in [0, 0.1) is 0 Å². The molecule has 21 heavy (non-hydrogen) atoms. The highest BCUT2D eigenvalue weighted by molar-refractivity contribution is 7.89. The van der Waals surface area contributed by atoms with Crippen molar-refractivity contribution in [3.63, 3.8) is 0 Å². The summed E-state index contributed by atoms with van der Waals surface area (Å²) in [7, 11) is -3.61. The standard InChI is InChI=1S/C15H28N2O3S/c1-5-11-16-12-13-9-10-14(20-13)21(18,19)17-15(6-2,7-3)8-4/h9-10,16-17H,5-8,11-12H2,1-4H3. The van der Waals surface area contributed by atoms with Crippen molar-refractivity contribution in [2.24, 2.45) is 0 Å². The molecule has 0 unspecified atom stereocenters. The summed E-state index contributed by atoms with van der Waals surface area (Å²) >= 11 is 0. The number of hydrogen-bond acceptors (Lipinski definition) is 4. The molecule has 0 fully saturated rings. The van der Waals surface area contributed by atoms with Crippen molar-refractivity contribution in [3.05, 3.63) is 17.9 Å². The molecular weight excluding hydrogens is 288 g/mol. The lowest BCUT2D eigenvalue weighted by Gasteiger charge is -2.30. The summed E-state index contributed by atoms with van der Waals surface area (Å²) in [6.45, 7) is 9.50. The Morgan fingerprint density at radius 3 is 2.24 bits per heavy atom. The van der Waals surface area contributed by atoms with E-state index in [1.54, 1.807) is 6.07 Å². The average molecular weight is 316 g/mol. The maximum atomic E-state index is 12.4. The summed E-state index contributed by atoms with van der Waals surface area (Å²) in [6, 6.07) is 3.24. The predicted octanol–water partition coefficient (Wildman–Crippen LogP) is 3.03. The minimum Gasteiger partial charge on any atom is -0.447 e. The molecule has 0 aliphatic carbocycles. The van der Waals surface area contributed by atoms with Crippen molar-refractivity contribution in [1.29, 1.82) is 0 Å². The van der Waals surface area contributed by atoms with Crippen molar-refractivity contribution in [2.75, 3.05) is 6.54 Å². The fourth-order valence-corrected chi connectivity index (χ4v) is 3.86. The Labute approximate surface area is 128 Å². The number of nitrogens with one attached hydrogen (secondary N) is 2. The maximum Gasteiger partial charge on any atom is 0.274 e. The molecule has 0 aliphatic heterocycles. The van der Waals surface area contributed by atoms with Crippen molar-refractivity contribution in [1.82, 2.24) is 10.0 Å². The first-order chi connectivity index (χ1) is 9.93. The highest BCUT2D eigenvalue weighted by Crippen LogP contribution is 2.23. The normalized spacial score (nSPS) is 12.8. The molecule has 0 saturated heterocycles. The Morgan fingerprint density at radius 1 is 1.10 bits per heavy atom. The monoisotopic (exact) mass is 316 g/mol. The van der Waals surface area contributed by atoms with Crippen LogP contribution in [0.1, 0.15) is 59.1 Å². The molecule has 0 aliphatic rings. The Morgan fingerprint density at radius 2 is 1.71 bits per heavy atom. The van der Waals surface area contributed by atoms with Crippen molar-refractivity contribution in [3.8, 4) is 0 Å². The van der Waals surface area contributed by atoms with Crippen molar-refractivity contribution in [2.45, 2.75) is 70.6 Å². The summed E-state index contributed by atoms with van der Waals surface area (Å²) in [6.07, 6.45) is 3.29. The van der Waals surface area contributed by atoms with Crippen LogP contribution >= 0.6 is 0 Å². The van der Waals surface area contributed by atoms with E-state index in [1.807, 2.05) is 20.8 Å². The van der Waals surface area contributed by atoms with E-state index in [4.69, 9.17) is 4.42 Å². The van der Waals surface area contributed by atoms with E-state index < -0.39 is 15.6 Å². The minimum atomic E-state index is -3.61. The third kappa shape index (κ3) is 4.83. The Bertz CT molecular complexity index is 511. The molecule has 0 aromatic carbocycles. The van der Waals surface area contributed by atoms with Gasteiger partial charge in [0.25, 0.3) is 10.0 Å². The number of sulfonamides is 1. The van der Waals surface area contributed by atoms with Gasteiger partial charge >= 0.3 is 0 Å². The molecule has 6 heteroatoms. The van der Waals surface area contributed by atoms with Crippen LogP contribution in [0.5, 0.6) is 0 Å². The summed E-state index contributed by atoms with van der Waals surface area (Å²) in [5.41, 5.74) is -0.397. The van der Waals surface area contributed by atoms with E-state index in [0.717, 1.165) is 32.2 Å². The molecule has 0 saturated carbocycles. The Balaban J connectivity index is 2.83. The average Bonchev–Trinajstić information content (AvgIpc) is 2.95. The minimum absolute atomic E-state index is 0.00414. The van der Waals surface area contributed by atoms with Crippen LogP contribution in [0.3, 0.4) is 0 Å². The third-order valence-electron chi connectivity index (χ3n) is 4.01. The van der Waals surface area contributed by atoms with Gasteiger partial charge in [0, 0.05) is 5.54 Å². The molecular formula is C15H28N2O3S. The highest BCUT2D eigenvalue weighted by Gasteiger charge is 2.31. The van der Waals surface area contributed by atoms with Gasteiger partial charge in [-0.15, -0.1) is 0 Å². The number of hydrogen-bond donors (Lipinski definition) is 2. The van der Waals surface area contributed by atoms with Crippen LogP contribution < -0.4 is 10.0 Å². The Hall–Kier alpha value is -0.850. The van der Waals surface area contributed by atoms with Crippen molar-refractivity contribution >= 4 is 10.0 Å². The molecule has 0 atom stereocenters. The second-order valence-corrected chi connectivity index (χ2v) is 6.96.